The van der Waals surface area contributed by atoms with Crippen molar-refractivity contribution in [2.75, 3.05) is 7.05 Å². The van der Waals surface area contributed by atoms with Crippen molar-refractivity contribution >= 4 is 28.8 Å². The first-order chi connectivity index (χ1) is 16.0. The summed E-state index contributed by atoms with van der Waals surface area (Å²) in [6.07, 6.45) is 3.47. The molecule has 0 saturated heterocycles. The van der Waals surface area contributed by atoms with Crippen molar-refractivity contribution in [3.63, 3.8) is 0 Å². The number of nitrogens with one attached hydrogen (secondary N) is 1. The second-order valence-electron chi connectivity index (χ2n) is 7.97. The predicted molar refractivity (Wildman–Crippen MR) is 130 cm³/mol. The Morgan fingerprint density at radius 2 is 1.88 bits per heavy atom. The van der Waals surface area contributed by atoms with Gasteiger partial charge >= 0.3 is 0 Å². The average molecular weight is 478 g/mol. The van der Waals surface area contributed by atoms with Crippen LogP contribution in [-0.4, -0.2) is 41.5 Å². The van der Waals surface area contributed by atoms with E-state index in [1.54, 1.807) is 4.52 Å². The lowest BCUT2D eigenvalue weighted by atomic mass is 10.1. The summed E-state index contributed by atoms with van der Waals surface area (Å²) in [6.45, 7) is 3.30. The summed E-state index contributed by atoms with van der Waals surface area (Å²) in [4.78, 5) is 19.5. The highest BCUT2D eigenvalue weighted by atomic mass is 35.5. The van der Waals surface area contributed by atoms with Gasteiger partial charge < -0.3 is 4.98 Å². The van der Waals surface area contributed by atoms with Gasteiger partial charge in [-0.25, -0.2) is 14.5 Å². The van der Waals surface area contributed by atoms with Gasteiger partial charge in [0, 0.05) is 24.0 Å². The van der Waals surface area contributed by atoms with Gasteiger partial charge in [0.1, 0.15) is 12.2 Å². The topological polar surface area (TPSA) is 75.0 Å². The summed E-state index contributed by atoms with van der Waals surface area (Å²) in [6, 6.07) is 15.6. The summed E-state index contributed by atoms with van der Waals surface area (Å²) < 4.78 is 1.74. The fraction of sp³-hybridized carbons (Fsp3) is 0.167. The number of aromatic nitrogens is 6. The molecule has 0 atom stereocenters. The lowest BCUT2D eigenvalue weighted by Crippen LogP contribution is -2.18. The molecule has 0 unspecified atom stereocenters. The highest BCUT2D eigenvalue weighted by Gasteiger charge is 2.17. The number of fused-ring (bicyclic) bond motifs is 1. The maximum atomic E-state index is 6.18. The highest BCUT2D eigenvalue weighted by Crippen LogP contribution is 2.30. The molecule has 4 heterocycles. The van der Waals surface area contributed by atoms with Gasteiger partial charge in [-0.3, -0.25) is 9.88 Å². The number of benzene rings is 1. The molecule has 9 heteroatoms. The molecule has 1 N–H and O–H groups in total. The predicted octanol–water partition coefficient (Wildman–Crippen LogP) is 5.43. The first kappa shape index (κ1) is 21.6. The monoisotopic (exact) mass is 477 g/mol. The van der Waals surface area contributed by atoms with E-state index in [2.05, 4.69) is 20.0 Å². The van der Waals surface area contributed by atoms with Crippen molar-refractivity contribution < 1.29 is 0 Å². The van der Waals surface area contributed by atoms with E-state index in [4.69, 9.17) is 33.2 Å². The van der Waals surface area contributed by atoms with E-state index in [9.17, 15) is 0 Å². The average Bonchev–Trinajstić information content (AvgIpc) is 3.42. The quantitative estimate of drug-likeness (QED) is 0.352. The second kappa shape index (κ2) is 8.94. The number of halogens is 2. The van der Waals surface area contributed by atoms with Crippen molar-refractivity contribution in [3.8, 4) is 22.6 Å². The molecular weight excluding hydrogens is 457 g/mol. The van der Waals surface area contributed by atoms with Crippen LogP contribution in [0.15, 0.2) is 61.1 Å². The largest absolute Gasteiger partial charge is 0.339 e. The summed E-state index contributed by atoms with van der Waals surface area (Å²) >= 11 is 12.2. The molecule has 0 aliphatic heterocycles. The molecule has 7 nitrogen and oxygen atoms in total. The van der Waals surface area contributed by atoms with Crippen LogP contribution < -0.4 is 0 Å². The minimum atomic E-state index is 0.554. The lowest BCUT2D eigenvalue weighted by Gasteiger charge is -2.15. The van der Waals surface area contributed by atoms with Crippen LogP contribution in [-0.2, 0) is 13.1 Å². The van der Waals surface area contributed by atoms with Crippen LogP contribution in [0.1, 0.15) is 17.1 Å². The van der Waals surface area contributed by atoms with Crippen LogP contribution in [0.2, 0.25) is 10.0 Å². The van der Waals surface area contributed by atoms with Gasteiger partial charge in [0.2, 0.25) is 0 Å². The minimum absolute atomic E-state index is 0.554. The fourth-order valence-electron chi connectivity index (χ4n) is 3.79. The molecule has 5 rings (SSSR count). The first-order valence-corrected chi connectivity index (χ1v) is 11.2. The Kier molecular flexibility index (Phi) is 5.85. The van der Waals surface area contributed by atoms with Crippen molar-refractivity contribution in [1.29, 1.82) is 0 Å². The number of aromatic amines is 1. The van der Waals surface area contributed by atoms with E-state index < -0.39 is 0 Å². The van der Waals surface area contributed by atoms with E-state index in [1.165, 1.54) is 6.33 Å². The van der Waals surface area contributed by atoms with Crippen LogP contribution in [0.4, 0.5) is 0 Å². The summed E-state index contributed by atoms with van der Waals surface area (Å²) in [5.74, 6) is 0.838. The van der Waals surface area contributed by atoms with Crippen molar-refractivity contribution in [2.45, 2.75) is 20.0 Å². The SMILES string of the molecule is Cc1cccc(-c2[nH]c(CN(C)Cc3ccc(Cl)c(Cl)c3)nc2-c2ccc3ncnn3c2)n1. The Balaban J connectivity index is 1.49. The maximum absolute atomic E-state index is 6.18. The normalized spacial score (nSPS) is 11.5. The number of hydrogen-bond acceptors (Lipinski definition) is 5. The number of imidazole rings is 1. The molecule has 0 bridgehead atoms. The van der Waals surface area contributed by atoms with Crippen molar-refractivity contribution in [2.24, 2.45) is 0 Å². The molecule has 33 heavy (non-hydrogen) atoms. The molecule has 1 aromatic carbocycles. The Hall–Kier alpha value is -3.26. The van der Waals surface area contributed by atoms with E-state index in [1.807, 2.05) is 68.7 Å². The van der Waals surface area contributed by atoms with Crippen LogP contribution in [0, 0.1) is 6.92 Å². The van der Waals surface area contributed by atoms with Gasteiger partial charge in [-0.2, -0.15) is 5.10 Å². The van der Waals surface area contributed by atoms with Gasteiger partial charge in [-0.1, -0.05) is 35.3 Å². The molecule has 0 saturated carbocycles. The Morgan fingerprint density at radius 1 is 1.00 bits per heavy atom. The highest BCUT2D eigenvalue weighted by molar-refractivity contribution is 6.42. The molecule has 0 fully saturated rings. The van der Waals surface area contributed by atoms with Crippen LogP contribution in [0.3, 0.4) is 0 Å². The number of pyridine rings is 2. The summed E-state index contributed by atoms with van der Waals surface area (Å²) in [5, 5.41) is 5.37. The zero-order valence-corrected chi connectivity index (χ0v) is 19.6. The molecule has 166 valence electrons. The zero-order chi connectivity index (χ0) is 22.9. The number of aryl methyl sites for hydroxylation is 1. The Labute approximate surface area is 201 Å². The Morgan fingerprint density at radius 3 is 2.70 bits per heavy atom. The van der Waals surface area contributed by atoms with Gasteiger partial charge in [0.15, 0.2) is 5.65 Å². The van der Waals surface area contributed by atoms with Crippen molar-refractivity contribution in [1.82, 2.24) is 34.4 Å². The van der Waals surface area contributed by atoms with E-state index in [0.717, 1.165) is 45.4 Å². The molecule has 0 amide bonds. The summed E-state index contributed by atoms with van der Waals surface area (Å²) in [7, 11) is 2.04. The van der Waals surface area contributed by atoms with Gasteiger partial charge in [0.05, 0.1) is 33.7 Å². The third kappa shape index (κ3) is 4.61. The number of H-pyrrole nitrogens is 1. The first-order valence-electron chi connectivity index (χ1n) is 10.4. The van der Waals surface area contributed by atoms with Crippen LogP contribution in [0.25, 0.3) is 28.3 Å². The number of nitrogens with zero attached hydrogens (tertiary/aromatic N) is 6. The van der Waals surface area contributed by atoms with Crippen LogP contribution >= 0.6 is 23.2 Å². The molecule has 0 aliphatic carbocycles. The van der Waals surface area contributed by atoms with Gasteiger partial charge in [-0.15, -0.1) is 0 Å². The Bertz CT molecular complexity index is 1440. The maximum Gasteiger partial charge on any atom is 0.155 e. The molecule has 4 aromatic heterocycles. The van der Waals surface area contributed by atoms with Crippen molar-refractivity contribution in [3.05, 3.63) is 88.2 Å². The molecule has 0 spiro atoms. The standard InChI is InChI=1S/C24H21Cl2N7/c1-15-4-3-5-20(29-15)24-23(17-7-9-22-27-14-28-33(22)12-17)30-21(31-24)13-32(2)11-16-6-8-18(25)19(26)10-16/h3-10,12,14H,11,13H2,1-2H3,(H,30,31). The molecular formula is C24H21Cl2N7. The third-order valence-corrected chi connectivity index (χ3v) is 6.04. The second-order valence-corrected chi connectivity index (χ2v) is 8.79. The van der Waals surface area contributed by atoms with Gasteiger partial charge in [-0.05, 0) is 55.9 Å². The van der Waals surface area contributed by atoms with E-state index in [0.29, 0.717) is 23.1 Å². The van der Waals surface area contributed by atoms with Gasteiger partial charge in [0.25, 0.3) is 0 Å². The minimum Gasteiger partial charge on any atom is -0.339 e. The number of rotatable bonds is 6. The van der Waals surface area contributed by atoms with E-state index in [-0.39, 0.29) is 0 Å². The van der Waals surface area contributed by atoms with Crippen LogP contribution in [0.5, 0.6) is 0 Å². The van der Waals surface area contributed by atoms with E-state index >= 15 is 0 Å². The third-order valence-electron chi connectivity index (χ3n) is 5.30. The lowest BCUT2D eigenvalue weighted by molar-refractivity contribution is 0.312. The molecule has 0 aliphatic rings. The zero-order valence-electron chi connectivity index (χ0n) is 18.1. The fourth-order valence-corrected chi connectivity index (χ4v) is 4.11. The smallest absolute Gasteiger partial charge is 0.155 e. The molecule has 5 aromatic rings. The summed E-state index contributed by atoms with van der Waals surface area (Å²) in [5.41, 5.74) is 6.27. The number of hydrogen-bond donors (Lipinski definition) is 1. The molecule has 0 radical (unpaired) electrons.